The normalized spacial score (nSPS) is 13.0. The van der Waals surface area contributed by atoms with E-state index in [1.165, 1.54) is 94.1 Å². The highest BCUT2D eigenvalue weighted by Gasteiger charge is 2.46. The maximum atomic E-state index is 2.68. The topological polar surface area (TPSA) is 11.4 Å². The van der Waals surface area contributed by atoms with E-state index in [4.69, 9.17) is 0 Å². The Morgan fingerprint density at radius 1 is 0.245 bits per heavy atom. The second kappa shape index (κ2) is 23.6. The quantitative estimate of drug-likeness (QED) is 0.133. The van der Waals surface area contributed by atoms with Crippen LogP contribution in [0.4, 0.5) is 34.1 Å². The molecule has 3 heterocycles. The van der Waals surface area contributed by atoms with E-state index in [0.717, 1.165) is 72.9 Å². The van der Waals surface area contributed by atoms with Gasteiger partial charge in [-0.15, -0.1) is 0 Å². The Balaban J connectivity index is 1.12. The lowest BCUT2D eigenvalue weighted by Crippen LogP contribution is -2.61. The first kappa shape index (κ1) is 62.2. The highest BCUT2D eigenvalue weighted by Crippen LogP contribution is 2.52. The molecule has 0 saturated carbocycles. The van der Waals surface area contributed by atoms with Gasteiger partial charge < -0.3 is 14.4 Å². The van der Waals surface area contributed by atoms with E-state index in [1.807, 2.05) is 0 Å². The maximum Gasteiger partial charge on any atom is 0.252 e. The number of aromatic nitrogens is 1. The third-order valence-electron chi connectivity index (χ3n) is 20.7. The van der Waals surface area contributed by atoms with Gasteiger partial charge in [-0.25, -0.2) is 0 Å². The minimum absolute atomic E-state index is 0.0740. The minimum atomic E-state index is -0.259. The van der Waals surface area contributed by atoms with Crippen LogP contribution in [0.1, 0.15) is 105 Å². The maximum absolute atomic E-state index is 2.68. The van der Waals surface area contributed by atoms with E-state index >= 15 is 0 Å². The van der Waals surface area contributed by atoms with Gasteiger partial charge in [0.25, 0.3) is 6.71 Å². The third kappa shape index (κ3) is 11.0. The summed E-state index contributed by atoms with van der Waals surface area (Å²) in [5.74, 6) is 0. The number of fused-ring (bicyclic) bond motifs is 7. The van der Waals surface area contributed by atoms with Crippen LogP contribution in [0.5, 0.6) is 0 Å². The fraction of sp³-hybridized carbons (Fsp3) is 0.170. The van der Waals surface area contributed by atoms with Crippen LogP contribution in [0, 0.1) is 0 Å². The molecule has 4 heteroatoms. The molecule has 16 rings (SSSR count). The molecule has 3 nitrogen and oxygen atoms in total. The number of hydrogen-bond donors (Lipinski definition) is 0. The van der Waals surface area contributed by atoms with Crippen molar-refractivity contribution in [2.45, 2.75) is 105 Å². The molecule has 0 aliphatic carbocycles. The molecule has 98 heavy (non-hydrogen) atoms. The smallest absolute Gasteiger partial charge is 0.252 e. The molecule has 14 aromatic rings. The van der Waals surface area contributed by atoms with Crippen molar-refractivity contribution < 1.29 is 0 Å². The van der Waals surface area contributed by atoms with E-state index in [0.29, 0.717) is 0 Å². The van der Waals surface area contributed by atoms with Crippen LogP contribution in [0.25, 0.3) is 94.3 Å². The van der Waals surface area contributed by atoms with Crippen molar-refractivity contribution in [3.63, 3.8) is 0 Å². The van der Waals surface area contributed by atoms with Crippen molar-refractivity contribution in [2.24, 2.45) is 0 Å². The fourth-order valence-corrected chi connectivity index (χ4v) is 15.6. The van der Waals surface area contributed by atoms with Crippen LogP contribution in [0.3, 0.4) is 0 Å². The van der Waals surface area contributed by atoms with E-state index in [9.17, 15) is 0 Å². The van der Waals surface area contributed by atoms with Crippen LogP contribution < -0.4 is 26.2 Å². The molecule has 0 bridgehead atoms. The summed E-state index contributed by atoms with van der Waals surface area (Å²) >= 11 is 0. The van der Waals surface area contributed by atoms with Gasteiger partial charge in [-0.05, 0) is 212 Å². The molecule has 0 unspecified atom stereocenters. The molecule has 0 radical (unpaired) electrons. The first-order chi connectivity index (χ1) is 47.1. The van der Waals surface area contributed by atoms with Gasteiger partial charge in [0.05, 0.1) is 16.7 Å². The van der Waals surface area contributed by atoms with Gasteiger partial charge in [0.1, 0.15) is 0 Å². The monoisotopic (exact) mass is 1270 g/mol. The molecule has 13 aromatic carbocycles. The second-order valence-corrected chi connectivity index (χ2v) is 31.4. The second-order valence-electron chi connectivity index (χ2n) is 31.4. The Hall–Kier alpha value is -10.7. The Morgan fingerprint density at radius 2 is 0.551 bits per heavy atom. The lowest BCUT2D eigenvalue weighted by molar-refractivity contribution is 0.590. The van der Waals surface area contributed by atoms with Gasteiger partial charge in [0, 0.05) is 44.9 Å². The SMILES string of the molecule is CC(C)(C)c1ccc2c(c1)c1cc(C(C)(C)C)ccc1n2-c1cc2c3c(c1)N(c1cc(-c4ccccc4)cc(-c4ccccc4)c1)c1cc(C(C)(C)C)c(-c4ccccc4)cc1B3c1cc(-c3ccccc3)c(C(C)(C)C)cc1N2c1cc(-c2ccccc2)cc(-c2ccccc2)c1. The Bertz CT molecular complexity index is 4940. The predicted octanol–water partition coefficient (Wildman–Crippen LogP) is 24.1. The summed E-state index contributed by atoms with van der Waals surface area (Å²) < 4.78 is 2.60. The van der Waals surface area contributed by atoms with Gasteiger partial charge in [-0.2, -0.15) is 0 Å². The van der Waals surface area contributed by atoms with Crippen LogP contribution in [-0.4, -0.2) is 11.3 Å². The van der Waals surface area contributed by atoms with Crippen molar-refractivity contribution in [3.05, 3.63) is 313 Å². The zero-order valence-electron chi connectivity index (χ0n) is 58.6. The van der Waals surface area contributed by atoms with E-state index in [2.05, 4.69) is 389 Å². The first-order valence-corrected chi connectivity index (χ1v) is 35.0. The summed E-state index contributed by atoms with van der Waals surface area (Å²) in [6.45, 7) is 28.1. The number of benzene rings is 13. The Labute approximate surface area is 580 Å². The summed E-state index contributed by atoms with van der Waals surface area (Å²) in [4.78, 5) is 5.36. The van der Waals surface area contributed by atoms with Crippen molar-refractivity contribution in [1.82, 2.24) is 4.57 Å². The first-order valence-electron chi connectivity index (χ1n) is 35.0. The molecule has 0 N–H and O–H groups in total. The predicted molar refractivity (Wildman–Crippen MR) is 422 cm³/mol. The molecule has 2 aliphatic heterocycles. The Morgan fingerprint density at radius 3 is 0.847 bits per heavy atom. The summed E-state index contributed by atoms with van der Waals surface area (Å²) in [5, 5.41) is 2.51. The van der Waals surface area contributed by atoms with Crippen molar-refractivity contribution >= 4 is 79.0 Å². The standard InChI is InChI=1S/C94H84BN3/c1-91(2,3)71-43-45-84-78(53-71)79-54-72(92(4,5)6)44-46-85(79)96(84)75-55-88-90-89(56-75)98(74-51-69(63-35-23-15-24-36-63)48-70(52-74)64-37-25-16-26-38-64)87-60-81(94(10,11)12)77(66-41-29-18-30-42-66)58-83(87)95(90)82-57-76(65-39-27-17-28-40-65)80(93(7,8)9)59-86(82)97(88)73-49-67(61-31-19-13-20-32-61)47-68(50-73)62-33-21-14-22-34-62/h13-60H,1-12H3. The molecule has 1 aromatic heterocycles. The number of hydrogen-bond acceptors (Lipinski definition) is 2. The van der Waals surface area contributed by atoms with Crippen molar-refractivity contribution in [3.8, 4) is 72.4 Å². The zero-order valence-corrected chi connectivity index (χ0v) is 58.6. The summed E-state index contributed by atoms with van der Waals surface area (Å²) in [6, 6.07) is 111. The summed E-state index contributed by atoms with van der Waals surface area (Å²) in [7, 11) is 0. The lowest BCUT2D eigenvalue weighted by Gasteiger charge is -2.46. The van der Waals surface area contributed by atoms with E-state index < -0.39 is 0 Å². The molecular formula is C94H84BN3. The zero-order chi connectivity index (χ0) is 67.6. The molecule has 478 valence electrons. The molecule has 0 spiro atoms. The van der Waals surface area contributed by atoms with Gasteiger partial charge in [-0.1, -0.05) is 289 Å². The molecule has 0 atom stereocenters. The molecule has 0 amide bonds. The van der Waals surface area contributed by atoms with Gasteiger partial charge in [-0.3, -0.25) is 0 Å². The molecule has 2 aliphatic rings. The summed E-state index contributed by atoms with van der Waals surface area (Å²) in [5.41, 5.74) is 32.7. The number of anilines is 6. The van der Waals surface area contributed by atoms with E-state index in [1.54, 1.807) is 0 Å². The van der Waals surface area contributed by atoms with Crippen LogP contribution in [0.2, 0.25) is 0 Å². The highest BCUT2D eigenvalue weighted by atomic mass is 15.2. The van der Waals surface area contributed by atoms with E-state index in [-0.39, 0.29) is 28.4 Å². The third-order valence-corrected chi connectivity index (χ3v) is 20.7. The average molecular weight is 1270 g/mol. The number of rotatable bonds is 9. The van der Waals surface area contributed by atoms with Gasteiger partial charge in [0.2, 0.25) is 0 Å². The Kier molecular flexibility index (Phi) is 14.9. The highest BCUT2D eigenvalue weighted by molar-refractivity contribution is 7.00. The molecule has 0 saturated heterocycles. The van der Waals surface area contributed by atoms with Crippen molar-refractivity contribution in [2.75, 3.05) is 9.80 Å². The van der Waals surface area contributed by atoms with Crippen LogP contribution in [-0.2, 0) is 21.7 Å². The van der Waals surface area contributed by atoms with Crippen LogP contribution >= 0.6 is 0 Å². The molecular weight excluding hydrogens is 1180 g/mol. The minimum Gasteiger partial charge on any atom is -0.311 e. The van der Waals surface area contributed by atoms with Crippen molar-refractivity contribution in [1.29, 1.82) is 0 Å². The van der Waals surface area contributed by atoms with Gasteiger partial charge in [0.15, 0.2) is 0 Å². The number of nitrogens with zero attached hydrogens (tertiary/aromatic N) is 3. The largest absolute Gasteiger partial charge is 0.311 e. The van der Waals surface area contributed by atoms with Crippen LogP contribution in [0.15, 0.2) is 291 Å². The summed E-state index contributed by atoms with van der Waals surface area (Å²) in [6.07, 6.45) is 0. The lowest BCUT2D eigenvalue weighted by atomic mass is 9.33. The van der Waals surface area contributed by atoms with Gasteiger partial charge >= 0.3 is 0 Å². The fourth-order valence-electron chi connectivity index (χ4n) is 15.6. The average Bonchev–Trinajstić information content (AvgIpc) is 0.781. The molecule has 0 fully saturated rings.